The van der Waals surface area contributed by atoms with Crippen molar-refractivity contribution in [3.05, 3.63) is 35.6 Å². The van der Waals surface area contributed by atoms with Crippen LogP contribution in [0, 0.1) is 11.7 Å². The fourth-order valence-corrected chi connectivity index (χ4v) is 2.22. The number of ether oxygens (including phenoxy) is 1. The molecule has 0 saturated heterocycles. The van der Waals surface area contributed by atoms with Gasteiger partial charge in [0, 0.05) is 18.8 Å². The number of rotatable bonds is 9. The van der Waals surface area contributed by atoms with Gasteiger partial charge in [-0.2, -0.15) is 0 Å². The first-order valence-corrected chi connectivity index (χ1v) is 7.98. The van der Waals surface area contributed by atoms with E-state index in [1.807, 2.05) is 6.07 Å². The Balaban J connectivity index is 2.53. The highest BCUT2D eigenvalue weighted by atomic mass is 19.1. The Hall–Kier alpha value is -0.930. The van der Waals surface area contributed by atoms with Crippen molar-refractivity contribution in [1.82, 2.24) is 5.32 Å². The summed E-state index contributed by atoms with van der Waals surface area (Å²) in [5, 5.41) is 3.55. The van der Waals surface area contributed by atoms with Crippen LogP contribution in [0.25, 0.3) is 0 Å². The summed E-state index contributed by atoms with van der Waals surface area (Å²) in [6.07, 6.45) is 2.94. The van der Waals surface area contributed by atoms with Gasteiger partial charge in [0.1, 0.15) is 5.82 Å². The van der Waals surface area contributed by atoms with Crippen molar-refractivity contribution in [2.24, 2.45) is 5.92 Å². The lowest BCUT2D eigenvalue weighted by atomic mass is 9.95. The Kier molecular flexibility index (Phi) is 7.91. The Bertz CT molecular complexity index is 400. The maximum atomic E-state index is 13.3. The molecule has 1 atom stereocenters. The summed E-state index contributed by atoms with van der Waals surface area (Å²) in [4.78, 5) is 0. The lowest BCUT2D eigenvalue weighted by molar-refractivity contribution is 0.119. The molecule has 0 saturated carbocycles. The number of hydrogen-bond acceptors (Lipinski definition) is 2. The van der Waals surface area contributed by atoms with Gasteiger partial charge in [-0.3, -0.25) is 0 Å². The summed E-state index contributed by atoms with van der Waals surface area (Å²) in [7, 11) is 0. The Labute approximate surface area is 129 Å². The highest BCUT2D eigenvalue weighted by Gasteiger charge is 2.15. The average Bonchev–Trinajstić information content (AvgIpc) is 2.40. The molecule has 0 aliphatic rings. The summed E-state index contributed by atoms with van der Waals surface area (Å²) in [6.45, 7) is 11.1. The highest BCUT2D eigenvalue weighted by Crippen LogP contribution is 2.15. The van der Waals surface area contributed by atoms with E-state index in [1.54, 1.807) is 12.1 Å². The minimum atomic E-state index is -0.155. The van der Waals surface area contributed by atoms with Gasteiger partial charge in [0.25, 0.3) is 0 Å². The maximum absolute atomic E-state index is 13.3. The summed E-state index contributed by atoms with van der Waals surface area (Å²) >= 11 is 0. The van der Waals surface area contributed by atoms with E-state index < -0.39 is 0 Å². The van der Waals surface area contributed by atoms with E-state index in [1.165, 1.54) is 6.07 Å². The van der Waals surface area contributed by atoms with E-state index in [2.05, 4.69) is 33.0 Å². The second-order valence-electron chi connectivity index (χ2n) is 6.73. The Morgan fingerprint density at radius 1 is 1.24 bits per heavy atom. The van der Waals surface area contributed by atoms with Crippen LogP contribution in [0.5, 0.6) is 0 Å². The van der Waals surface area contributed by atoms with Crippen LogP contribution in [0.2, 0.25) is 0 Å². The van der Waals surface area contributed by atoms with Gasteiger partial charge in [-0.05, 0) is 70.2 Å². The minimum Gasteiger partial charge on any atom is -0.381 e. The third-order valence-electron chi connectivity index (χ3n) is 3.35. The van der Waals surface area contributed by atoms with Crippen molar-refractivity contribution < 1.29 is 9.13 Å². The number of nitrogens with one attached hydrogen (secondary N) is 1. The molecule has 0 radical (unpaired) electrons. The van der Waals surface area contributed by atoms with Gasteiger partial charge in [-0.15, -0.1) is 0 Å². The molecule has 3 heteroatoms. The van der Waals surface area contributed by atoms with Crippen LogP contribution in [0.3, 0.4) is 0 Å². The van der Waals surface area contributed by atoms with Crippen molar-refractivity contribution in [3.63, 3.8) is 0 Å². The van der Waals surface area contributed by atoms with Crippen molar-refractivity contribution in [2.75, 3.05) is 19.8 Å². The molecular formula is C18H30FNO. The third-order valence-corrected chi connectivity index (χ3v) is 3.35. The lowest BCUT2D eigenvalue weighted by Gasteiger charge is -2.25. The molecule has 1 aromatic rings. The number of benzene rings is 1. The minimum absolute atomic E-state index is 0.102. The molecule has 0 fully saturated rings. The summed E-state index contributed by atoms with van der Waals surface area (Å²) < 4.78 is 18.9. The van der Waals surface area contributed by atoms with E-state index in [9.17, 15) is 4.39 Å². The van der Waals surface area contributed by atoms with Crippen molar-refractivity contribution >= 4 is 0 Å². The van der Waals surface area contributed by atoms with Gasteiger partial charge in [-0.1, -0.05) is 19.1 Å². The number of halogens is 1. The van der Waals surface area contributed by atoms with Crippen LogP contribution in [0.4, 0.5) is 4.39 Å². The predicted molar refractivity (Wildman–Crippen MR) is 87.1 cm³/mol. The zero-order chi connectivity index (χ0) is 15.7. The first-order valence-electron chi connectivity index (χ1n) is 7.98. The fourth-order valence-electron chi connectivity index (χ4n) is 2.22. The first kappa shape index (κ1) is 18.1. The van der Waals surface area contributed by atoms with Crippen LogP contribution in [0.1, 0.15) is 46.1 Å². The van der Waals surface area contributed by atoms with Crippen molar-refractivity contribution in [2.45, 2.75) is 52.5 Å². The predicted octanol–water partition coefficient (Wildman–Crippen LogP) is 4.19. The van der Waals surface area contributed by atoms with Gasteiger partial charge in [0.2, 0.25) is 0 Å². The number of hydrogen-bond donors (Lipinski definition) is 1. The molecule has 1 rings (SSSR count). The van der Waals surface area contributed by atoms with E-state index in [0.717, 1.165) is 44.6 Å². The molecule has 0 amide bonds. The Morgan fingerprint density at radius 3 is 2.62 bits per heavy atom. The molecular weight excluding hydrogens is 265 g/mol. The molecule has 0 spiro atoms. The van der Waals surface area contributed by atoms with Crippen molar-refractivity contribution in [3.8, 4) is 0 Å². The van der Waals surface area contributed by atoms with E-state index in [-0.39, 0.29) is 11.4 Å². The van der Waals surface area contributed by atoms with Gasteiger partial charge in [0.15, 0.2) is 0 Å². The fraction of sp³-hybridized carbons (Fsp3) is 0.667. The van der Waals surface area contributed by atoms with E-state index in [0.29, 0.717) is 5.92 Å². The standard InChI is InChI=1S/C18H30FNO/c1-5-10-21-11-9-16(14-20-18(2,3)4)12-15-7-6-8-17(19)13-15/h6-8,13,16,20H,5,9-12,14H2,1-4H3. The molecule has 2 nitrogen and oxygen atoms in total. The summed E-state index contributed by atoms with van der Waals surface area (Å²) in [5.41, 5.74) is 1.16. The van der Waals surface area contributed by atoms with Gasteiger partial charge in [0.05, 0.1) is 0 Å². The smallest absolute Gasteiger partial charge is 0.123 e. The van der Waals surface area contributed by atoms with Crippen LogP contribution in [-0.2, 0) is 11.2 Å². The molecule has 0 aromatic heterocycles. The SMILES string of the molecule is CCCOCCC(CNC(C)(C)C)Cc1cccc(F)c1. The second kappa shape index (κ2) is 9.16. The third kappa shape index (κ3) is 8.84. The molecule has 120 valence electrons. The highest BCUT2D eigenvalue weighted by molar-refractivity contribution is 5.16. The quantitative estimate of drug-likeness (QED) is 0.690. The summed E-state index contributed by atoms with van der Waals surface area (Å²) in [5.74, 6) is 0.306. The second-order valence-corrected chi connectivity index (χ2v) is 6.73. The molecule has 21 heavy (non-hydrogen) atoms. The average molecular weight is 295 g/mol. The largest absolute Gasteiger partial charge is 0.381 e. The molecule has 1 unspecified atom stereocenters. The molecule has 0 aliphatic heterocycles. The molecule has 0 heterocycles. The van der Waals surface area contributed by atoms with Gasteiger partial charge < -0.3 is 10.1 Å². The van der Waals surface area contributed by atoms with Crippen LogP contribution in [-0.4, -0.2) is 25.3 Å². The van der Waals surface area contributed by atoms with Gasteiger partial charge >= 0.3 is 0 Å². The summed E-state index contributed by atoms with van der Waals surface area (Å²) in [6, 6.07) is 6.92. The molecule has 0 bridgehead atoms. The normalized spacial score (nSPS) is 13.4. The maximum Gasteiger partial charge on any atom is 0.123 e. The topological polar surface area (TPSA) is 21.3 Å². The first-order chi connectivity index (χ1) is 9.90. The molecule has 1 N–H and O–H groups in total. The van der Waals surface area contributed by atoms with Crippen molar-refractivity contribution in [1.29, 1.82) is 0 Å². The molecule has 1 aromatic carbocycles. The van der Waals surface area contributed by atoms with E-state index in [4.69, 9.17) is 4.74 Å². The van der Waals surface area contributed by atoms with E-state index >= 15 is 0 Å². The lowest BCUT2D eigenvalue weighted by Crippen LogP contribution is -2.39. The van der Waals surface area contributed by atoms with Crippen LogP contribution in [0.15, 0.2) is 24.3 Å². The molecule has 0 aliphatic carbocycles. The van der Waals surface area contributed by atoms with Crippen LogP contribution >= 0.6 is 0 Å². The monoisotopic (exact) mass is 295 g/mol. The Morgan fingerprint density at radius 2 is 2.00 bits per heavy atom. The zero-order valence-corrected chi connectivity index (χ0v) is 13.9. The van der Waals surface area contributed by atoms with Gasteiger partial charge in [-0.25, -0.2) is 4.39 Å². The van der Waals surface area contributed by atoms with Crippen LogP contribution < -0.4 is 5.32 Å². The zero-order valence-electron chi connectivity index (χ0n) is 13.9.